The van der Waals surface area contributed by atoms with Crippen molar-refractivity contribution >= 4 is 29.2 Å². The van der Waals surface area contributed by atoms with Crippen LogP contribution in [0.2, 0.25) is 10.0 Å². The lowest BCUT2D eigenvalue weighted by molar-refractivity contribution is -0.144. The van der Waals surface area contributed by atoms with E-state index in [2.05, 4.69) is 0 Å². The van der Waals surface area contributed by atoms with Crippen molar-refractivity contribution < 1.29 is 15.0 Å². The van der Waals surface area contributed by atoms with E-state index in [0.717, 1.165) is 0 Å². The number of carboxylic acid groups (broad SMARTS) is 1. The Labute approximate surface area is 110 Å². The molecule has 3 unspecified atom stereocenters. The predicted octanol–water partition coefficient (Wildman–Crippen LogP) is 3.38. The number of rotatable bonds is 4. The minimum absolute atomic E-state index is 0.418. The van der Waals surface area contributed by atoms with Crippen molar-refractivity contribution in [2.75, 3.05) is 0 Å². The topological polar surface area (TPSA) is 57.5 Å². The fourth-order valence-electron chi connectivity index (χ4n) is 1.55. The van der Waals surface area contributed by atoms with Crippen molar-refractivity contribution in [3.05, 3.63) is 33.8 Å². The fourth-order valence-corrected chi connectivity index (χ4v) is 2.09. The number of hydrogen-bond donors (Lipinski definition) is 2. The normalized spacial score (nSPS) is 16.3. The summed E-state index contributed by atoms with van der Waals surface area (Å²) in [6, 6.07) is 4.73. The summed E-state index contributed by atoms with van der Waals surface area (Å²) in [5.41, 5.74) is 0.531. The second kappa shape index (κ2) is 5.71. The molecule has 2 N–H and O–H groups in total. The Morgan fingerprint density at radius 1 is 1.18 bits per heavy atom. The summed E-state index contributed by atoms with van der Waals surface area (Å²) in [5, 5.41) is 19.8. The maximum atomic E-state index is 10.8. The van der Waals surface area contributed by atoms with E-state index in [-0.39, 0.29) is 0 Å². The highest BCUT2D eigenvalue weighted by molar-refractivity contribution is 6.34. The average molecular weight is 277 g/mol. The highest BCUT2D eigenvalue weighted by Gasteiger charge is 2.27. The molecular formula is C12H14Cl2O3. The molecule has 17 heavy (non-hydrogen) atoms. The van der Waals surface area contributed by atoms with Crippen LogP contribution in [0.4, 0.5) is 0 Å². The van der Waals surface area contributed by atoms with E-state index >= 15 is 0 Å². The standard InChI is InChI=1S/C12H14Cl2O3/c1-6(7(2)12(16)17)11(15)8-3-9(13)5-10(14)4-8/h3-7,11,15H,1-2H3,(H,16,17). The predicted molar refractivity (Wildman–Crippen MR) is 67.4 cm³/mol. The Morgan fingerprint density at radius 2 is 1.65 bits per heavy atom. The van der Waals surface area contributed by atoms with Crippen LogP contribution in [0.25, 0.3) is 0 Å². The van der Waals surface area contributed by atoms with Gasteiger partial charge in [0.1, 0.15) is 0 Å². The zero-order chi connectivity index (χ0) is 13.2. The number of carbonyl (C=O) groups is 1. The molecule has 0 aliphatic carbocycles. The van der Waals surface area contributed by atoms with Gasteiger partial charge in [-0.3, -0.25) is 4.79 Å². The first-order valence-electron chi connectivity index (χ1n) is 5.19. The summed E-state index contributed by atoms with van der Waals surface area (Å²) in [7, 11) is 0. The Bertz CT molecular complexity index is 400. The van der Waals surface area contributed by atoms with Gasteiger partial charge in [-0.1, -0.05) is 37.0 Å². The van der Waals surface area contributed by atoms with Crippen molar-refractivity contribution in [1.29, 1.82) is 0 Å². The number of halogens is 2. The lowest BCUT2D eigenvalue weighted by Crippen LogP contribution is -2.23. The molecule has 5 heteroatoms. The first kappa shape index (κ1) is 14.3. The largest absolute Gasteiger partial charge is 0.481 e. The molecule has 0 heterocycles. The quantitative estimate of drug-likeness (QED) is 0.886. The molecule has 0 spiro atoms. The minimum atomic E-state index is -0.940. The molecule has 3 nitrogen and oxygen atoms in total. The molecule has 3 atom stereocenters. The van der Waals surface area contributed by atoms with Gasteiger partial charge >= 0.3 is 5.97 Å². The van der Waals surface area contributed by atoms with Gasteiger partial charge in [-0.2, -0.15) is 0 Å². The summed E-state index contributed by atoms with van der Waals surface area (Å²) < 4.78 is 0. The zero-order valence-electron chi connectivity index (χ0n) is 9.52. The highest BCUT2D eigenvalue weighted by Crippen LogP contribution is 2.31. The van der Waals surface area contributed by atoms with Crippen LogP contribution in [0, 0.1) is 11.8 Å². The monoisotopic (exact) mass is 276 g/mol. The molecule has 1 aromatic rings. The van der Waals surface area contributed by atoms with Crippen molar-refractivity contribution in [1.82, 2.24) is 0 Å². The minimum Gasteiger partial charge on any atom is -0.481 e. The first-order valence-corrected chi connectivity index (χ1v) is 5.95. The molecular weight excluding hydrogens is 263 g/mol. The maximum absolute atomic E-state index is 10.8. The Hall–Kier alpha value is -0.770. The van der Waals surface area contributed by atoms with E-state index in [1.165, 1.54) is 0 Å². The third kappa shape index (κ3) is 3.60. The van der Waals surface area contributed by atoms with Crippen LogP contribution in [0.15, 0.2) is 18.2 Å². The third-order valence-corrected chi connectivity index (χ3v) is 3.34. The summed E-state index contributed by atoms with van der Waals surface area (Å²) >= 11 is 11.7. The third-order valence-electron chi connectivity index (χ3n) is 2.90. The van der Waals surface area contributed by atoms with Crippen molar-refractivity contribution in [3.8, 4) is 0 Å². The van der Waals surface area contributed by atoms with Crippen LogP contribution < -0.4 is 0 Å². The molecule has 0 amide bonds. The van der Waals surface area contributed by atoms with Gasteiger partial charge in [0.2, 0.25) is 0 Å². The number of hydrogen-bond acceptors (Lipinski definition) is 2. The zero-order valence-corrected chi connectivity index (χ0v) is 11.0. The van der Waals surface area contributed by atoms with Gasteiger partial charge in [0.25, 0.3) is 0 Å². The second-order valence-electron chi connectivity index (χ2n) is 4.13. The lowest BCUT2D eigenvalue weighted by atomic mass is 9.87. The van der Waals surface area contributed by atoms with Crippen LogP contribution in [0.3, 0.4) is 0 Å². The molecule has 0 aromatic heterocycles. The van der Waals surface area contributed by atoms with Gasteiger partial charge in [-0.05, 0) is 29.7 Å². The summed E-state index contributed by atoms with van der Waals surface area (Å²) in [4.78, 5) is 10.8. The molecule has 1 aromatic carbocycles. The van der Waals surface area contributed by atoms with Crippen molar-refractivity contribution in [3.63, 3.8) is 0 Å². The van der Waals surface area contributed by atoms with Gasteiger partial charge in [0.15, 0.2) is 0 Å². The van der Waals surface area contributed by atoms with Gasteiger partial charge in [-0.25, -0.2) is 0 Å². The summed E-state index contributed by atoms with van der Waals surface area (Å²) in [6.45, 7) is 3.24. The summed E-state index contributed by atoms with van der Waals surface area (Å²) in [5.74, 6) is -2.02. The van der Waals surface area contributed by atoms with E-state index in [0.29, 0.717) is 15.6 Å². The van der Waals surface area contributed by atoms with Crippen LogP contribution in [-0.2, 0) is 4.79 Å². The SMILES string of the molecule is CC(C(=O)O)C(C)C(O)c1cc(Cl)cc(Cl)c1. The van der Waals surface area contributed by atoms with Gasteiger partial charge in [0.05, 0.1) is 12.0 Å². The molecule has 0 saturated heterocycles. The Morgan fingerprint density at radius 3 is 2.06 bits per heavy atom. The van der Waals surface area contributed by atoms with Crippen LogP contribution in [0.5, 0.6) is 0 Å². The van der Waals surface area contributed by atoms with Crippen LogP contribution in [-0.4, -0.2) is 16.2 Å². The van der Waals surface area contributed by atoms with Crippen LogP contribution >= 0.6 is 23.2 Å². The van der Waals surface area contributed by atoms with E-state index in [9.17, 15) is 9.90 Å². The van der Waals surface area contributed by atoms with E-state index < -0.39 is 23.9 Å². The molecule has 0 aliphatic heterocycles. The highest BCUT2D eigenvalue weighted by atomic mass is 35.5. The molecule has 0 saturated carbocycles. The van der Waals surface area contributed by atoms with Crippen molar-refractivity contribution in [2.24, 2.45) is 11.8 Å². The van der Waals surface area contributed by atoms with Crippen molar-refractivity contribution in [2.45, 2.75) is 20.0 Å². The molecule has 0 bridgehead atoms. The second-order valence-corrected chi connectivity index (χ2v) is 5.01. The molecule has 0 aliphatic rings. The average Bonchev–Trinajstić information content (AvgIpc) is 2.24. The van der Waals surface area contributed by atoms with Gasteiger partial charge < -0.3 is 10.2 Å². The fraction of sp³-hybridized carbons (Fsp3) is 0.417. The first-order chi connectivity index (χ1) is 7.82. The van der Waals surface area contributed by atoms with Gasteiger partial charge in [-0.15, -0.1) is 0 Å². The number of carboxylic acids is 1. The smallest absolute Gasteiger partial charge is 0.306 e. The van der Waals surface area contributed by atoms with E-state index in [1.807, 2.05) is 0 Å². The van der Waals surface area contributed by atoms with E-state index in [4.69, 9.17) is 28.3 Å². The molecule has 94 valence electrons. The number of aliphatic hydroxyl groups is 1. The molecule has 1 rings (SSSR count). The maximum Gasteiger partial charge on any atom is 0.306 e. The Balaban J connectivity index is 2.95. The number of aliphatic hydroxyl groups excluding tert-OH is 1. The summed E-state index contributed by atoms with van der Waals surface area (Å²) in [6.07, 6.45) is -0.905. The molecule has 0 fully saturated rings. The van der Waals surface area contributed by atoms with Gasteiger partial charge in [0, 0.05) is 10.0 Å². The Kier molecular flexibility index (Phi) is 4.80. The number of benzene rings is 1. The number of aliphatic carboxylic acids is 1. The molecule has 0 radical (unpaired) electrons. The van der Waals surface area contributed by atoms with Crippen LogP contribution in [0.1, 0.15) is 25.5 Å². The van der Waals surface area contributed by atoms with E-state index in [1.54, 1.807) is 32.0 Å². The lowest BCUT2D eigenvalue weighted by Gasteiger charge is -2.22.